The van der Waals surface area contributed by atoms with Crippen LogP contribution in [0.4, 0.5) is 20.2 Å². The number of halogens is 2. The molecule has 0 bridgehead atoms. The molecule has 2 N–H and O–H groups in total. The van der Waals surface area contributed by atoms with E-state index in [0.717, 1.165) is 6.54 Å². The molecule has 0 aliphatic rings. The van der Waals surface area contributed by atoms with Crippen molar-refractivity contribution >= 4 is 11.4 Å². The number of nitrogens with two attached hydrogens (primary N) is 1. The van der Waals surface area contributed by atoms with Crippen LogP contribution in [0.3, 0.4) is 0 Å². The van der Waals surface area contributed by atoms with Gasteiger partial charge in [-0.3, -0.25) is 0 Å². The summed E-state index contributed by atoms with van der Waals surface area (Å²) in [6, 6.07) is 4.63. The van der Waals surface area contributed by atoms with Gasteiger partial charge in [0.15, 0.2) is 0 Å². The highest BCUT2D eigenvalue weighted by Gasteiger charge is 2.16. The first-order valence-corrected chi connectivity index (χ1v) is 5.45. The lowest BCUT2D eigenvalue weighted by Gasteiger charge is -2.24. The molecule has 1 aromatic carbocycles. The van der Waals surface area contributed by atoms with E-state index in [0.29, 0.717) is 17.9 Å². The number of anilines is 2. The normalized spacial score (nSPS) is 11.2. The summed E-state index contributed by atoms with van der Waals surface area (Å²) in [5.74, 6) is 0. The van der Waals surface area contributed by atoms with Gasteiger partial charge >= 0.3 is 0 Å². The zero-order valence-corrected chi connectivity index (χ0v) is 10.5. The lowest BCUT2D eigenvalue weighted by molar-refractivity contribution is 0.152. The van der Waals surface area contributed by atoms with Crippen LogP contribution in [0.15, 0.2) is 18.2 Å². The lowest BCUT2D eigenvalue weighted by Crippen LogP contribution is -2.29. The maximum atomic E-state index is 12.9. The third-order valence-electron chi connectivity index (χ3n) is 2.58. The molecule has 0 unspecified atom stereocenters. The number of rotatable bonds is 5. The largest absolute Gasteiger partial charge is 0.399 e. The molecule has 0 heterocycles. The van der Waals surface area contributed by atoms with Crippen LogP contribution in [0.25, 0.3) is 0 Å². The van der Waals surface area contributed by atoms with Crippen molar-refractivity contribution in [1.29, 1.82) is 0 Å². The van der Waals surface area contributed by atoms with Crippen molar-refractivity contribution in [2.75, 3.05) is 44.9 Å². The highest BCUT2D eigenvalue weighted by Crippen LogP contribution is 2.30. The minimum atomic E-state index is -2.50. The molecule has 3 nitrogen and oxygen atoms in total. The fourth-order valence-electron chi connectivity index (χ4n) is 1.57. The minimum Gasteiger partial charge on any atom is -0.399 e. The molecule has 0 spiro atoms. The summed E-state index contributed by atoms with van der Waals surface area (Å²) < 4.78 is 25.7. The summed E-state index contributed by atoms with van der Waals surface area (Å²) in [4.78, 5) is 3.83. The molecule has 0 aliphatic heterocycles. The first-order chi connectivity index (χ1) is 7.91. The first-order valence-electron chi connectivity index (χ1n) is 5.45. The van der Waals surface area contributed by atoms with Crippen molar-refractivity contribution in [3.63, 3.8) is 0 Å². The summed E-state index contributed by atoms with van der Waals surface area (Å²) in [6.45, 7) is 1.50. The molecule has 0 aromatic heterocycles. The Morgan fingerprint density at radius 3 is 2.35 bits per heavy atom. The van der Waals surface area contributed by atoms with Crippen LogP contribution in [0.5, 0.6) is 0 Å². The SMILES string of the molecule is CN(C)CCN(C)c1ccc(N)cc1C(F)F. The van der Waals surface area contributed by atoms with E-state index in [1.54, 1.807) is 19.2 Å². The topological polar surface area (TPSA) is 32.5 Å². The van der Waals surface area contributed by atoms with E-state index in [9.17, 15) is 8.78 Å². The minimum absolute atomic E-state index is 0.00810. The zero-order chi connectivity index (χ0) is 13.0. The lowest BCUT2D eigenvalue weighted by atomic mass is 10.1. The molecule has 0 aliphatic carbocycles. The second-order valence-electron chi connectivity index (χ2n) is 4.34. The summed E-state index contributed by atoms with van der Waals surface area (Å²) in [7, 11) is 5.70. The monoisotopic (exact) mass is 243 g/mol. The van der Waals surface area contributed by atoms with E-state index in [-0.39, 0.29) is 5.56 Å². The predicted molar refractivity (Wildman–Crippen MR) is 67.6 cm³/mol. The molecule has 0 saturated heterocycles. The fourth-order valence-corrected chi connectivity index (χ4v) is 1.57. The smallest absolute Gasteiger partial charge is 0.265 e. The Bertz CT molecular complexity index is 367. The molecular weight excluding hydrogens is 224 g/mol. The summed E-state index contributed by atoms with van der Waals surface area (Å²) >= 11 is 0. The first kappa shape index (κ1) is 13.7. The van der Waals surface area contributed by atoms with Gasteiger partial charge in [0.25, 0.3) is 6.43 Å². The van der Waals surface area contributed by atoms with E-state index in [2.05, 4.69) is 0 Å². The number of nitrogens with zero attached hydrogens (tertiary/aromatic N) is 2. The molecule has 0 radical (unpaired) electrons. The molecule has 17 heavy (non-hydrogen) atoms. The molecule has 0 amide bonds. The third-order valence-corrected chi connectivity index (χ3v) is 2.58. The van der Waals surface area contributed by atoms with Crippen molar-refractivity contribution in [3.05, 3.63) is 23.8 Å². The highest BCUT2D eigenvalue weighted by molar-refractivity contribution is 5.59. The molecule has 5 heteroatoms. The Kier molecular flexibility index (Phi) is 4.69. The van der Waals surface area contributed by atoms with Gasteiger partial charge in [-0.25, -0.2) is 8.78 Å². The van der Waals surface area contributed by atoms with Crippen LogP contribution in [0, 0.1) is 0 Å². The summed E-state index contributed by atoms with van der Waals surface area (Å²) in [5.41, 5.74) is 6.42. The van der Waals surface area contributed by atoms with Crippen LogP contribution in [-0.2, 0) is 0 Å². The van der Waals surface area contributed by atoms with Crippen LogP contribution in [-0.4, -0.2) is 39.1 Å². The van der Waals surface area contributed by atoms with Gasteiger partial charge in [0.05, 0.1) is 0 Å². The summed E-state index contributed by atoms with van der Waals surface area (Å²) in [5, 5.41) is 0. The Morgan fingerprint density at radius 1 is 1.18 bits per heavy atom. The number of likely N-dealkylation sites (N-methyl/N-ethyl adjacent to an activating group) is 2. The zero-order valence-electron chi connectivity index (χ0n) is 10.5. The van der Waals surface area contributed by atoms with Gasteiger partial charge in [-0.2, -0.15) is 0 Å². The summed E-state index contributed by atoms with van der Waals surface area (Å²) in [6.07, 6.45) is -2.50. The second-order valence-corrected chi connectivity index (χ2v) is 4.34. The average Bonchev–Trinajstić information content (AvgIpc) is 2.25. The van der Waals surface area contributed by atoms with Crippen molar-refractivity contribution in [1.82, 2.24) is 4.90 Å². The maximum Gasteiger partial charge on any atom is 0.265 e. The standard InChI is InChI=1S/C12H19F2N3/c1-16(2)6-7-17(3)11-5-4-9(15)8-10(11)12(13)14/h4-5,8,12H,6-7,15H2,1-3H3. The van der Waals surface area contributed by atoms with Gasteiger partial charge < -0.3 is 15.5 Å². The van der Waals surface area contributed by atoms with E-state index >= 15 is 0 Å². The fraction of sp³-hybridized carbons (Fsp3) is 0.500. The number of alkyl halides is 2. The molecule has 96 valence electrons. The van der Waals surface area contributed by atoms with Crippen molar-refractivity contribution in [2.45, 2.75) is 6.43 Å². The molecule has 1 rings (SSSR count). The van der Waals surface area contributed by atoms with Crippen LogP contribution < -0.4 is 10.6 Å². The number of hydrogen-bond acceptors (Lipinski definition) is 3. The van der Waals surface area contributed by atoms with Crippen LogP contribution in [0.1, 0.15) is 12.0 Å². The van der Waals surface area contributed by atoms with Gasteiger partial charge in [-0.05, 0) is 32.3 Å². The van der Waals surface area contributed by atoms with Gasteiger partial charge in [0, 0.05) is 37.1 Å². The molecule has 1 aromatic rings. The number of nitrogen functional groups attached to an aromatic ring is 1. The molecule has 0 fully saturated rings. The highest BCUT2D eigenvalue weighted by atomic mass is 19.3. The number of benzene rings is 1. The number of hydrogen-bond donors (Lipinski definition) is 1. The Hall–Kier alpha value is -1.36. The van der Waals surface area contributed by atoms with Crippen LogP contribution >= 0.6 is 0 Å². The third kappa shape index (κ3) is 3.85. The van der Waals surface area contributed by atoms with E-state index < -0.39 is 6.43 Å². The maximum absolute atomic E-state index is 12.9. The van der Waals surface area contributed by atoms with Crippen LogP contribution in [0.2, 0.25) is 0 Å². The molecular formula is C12H19F2N3. The van der Waals surface area contributed by atoms with Gasteiger partial charge in [0.1, 0.15) is 0 Å². The Labute approximate surface area is 101 Å². The van der Waals surface area contributed by atoms with Crippen molar-refractivity contribution in [2.24, 2.45) is 0 Å². The quantitative estimate of drug-likeness (QED) is 0.805. The molecule has 0 atom stereocenters. The van der Waals surface area contributed by atoms with Gasteiger partial charge in [0.2, 0.25) is 0 Å². The Morgan fingerprint density at radius 2 is 1.82 bits per heavy atom. The van der Waals surface area contributed by atoms with Gasteiger partial charge in [-0.1, -0.05) is 0 Å². The van der Waals surface area contributed by atoms with E-state index in [1.807, 2.05) is 23.9 Å². The Balaban J connectivity index is 2.88. The van der Waals surface area contributed by atoms with E-state index in [4.69, 9.17) is 5.73 Å². The van der Waals surface area contributed by atoms with E-state index in [1.165, 1.54) is 6.07 Å². The molecule has 0 saturated carbocycles. The average molecular weight is 243 g/mol. The van der Waals surface area contributed by atoms with Gasteiger partial charge in [-0.15, -0.1) is 0 Å². The van der Waals surface area contributed by atoms with Crippen molar-refractivity contribution < 1.29 is 8.78 Å². The van der Waals surface area contributed by atoms with Crippen molar-refractivity contribution in [3.8, 4) is 0 Å². The second kappa shape index (κ2) is 5.82. The predicted octanol–water partition coefficient (Wildman–Crippen LogP) is 2.20.